The molecule has 1 aliphatic heterocycles. The number of hydrogen-bond acceptors (Lipinski definition) is 5. The zero-order valence-electron chi connectivity index (χ0n) is 7.74. The van der Waals surface area contributed by atoms with Gasteiger partial charge in [-0.05, 0) is 0 Å². The van der Waals surface area contributed by atoms with Crippen LogP contribution in [-0.4, -0.2) is 38.0 Å². The summed E-state index contributed by atoms with van der Waals surface area (Å²) in [5.74, 6) is -0.199. The molecular formula is C8H11NO4S. The molecule has 5 nitrogen and oxygen atoms in total. The number of ether oxygens (including phenoxy) is 2. The predicted molar refractivity (Wildman–Crippen MR) is 51.5 cm³/mol. The zero-order valence-corrected chi connectivity index (χ0v) is 8.56. The Morgan fingerprint density at radius 3 is 3.00 bits per heavy atom. The number of rotatable bonds is 4. The van der Waals surface area contributed by atoms with Crippen molar-refractivity contribution in [2.24, 2.45) is 0 Å². The highest BCUT2D eigenvalue weighted by Crippen LogP contribution is 2.18. The number of carbonyl (C=O) groups is 2. The Morgan fingerprint density at radius 2 is 2.43 bits per heavy atom. The van der Waals surface area contributed by atoms with Crippen LogP contribution >= 0.6 is 11.8 Å². The van der Waals surface area contributed by atoms with Crippen LogP contribution in [0, 0.1) is 0 Å². The highest BCUT2D eigenvalue weighted by Gasteiger charge is 2.16. The number of carbonyl (C=O) groups excluding carboxylic acids is 2. The fourth-order valence-corrected chi connectivity index (χ4v) is 1.53. The molecule has 0 radical (unpaired) electrons. The second kappa shape index (κ2) is 5.66. The molecule has 1 heterocycles. The van der Waals surface area contributed by atoms with Gasteiger partial charge in [0.15, 0.2) is 0 Å². The molecule has 1 N–H and O–H groups in total. The van der Waals surface area contributed by atoms with Gasteiger partial charge in [-0.25, -0.2) is 4.79 Å². The Kier molecular flexibility index (Phi) is 4.48. The van der Waals surface area contributed by atoms with E-state index in [-0.39, 0.29) is 12.5 Å². The van der Waals surface area contributed by atoms with Gasteiger partial charge in [-0.15, -0.1) is 0 Å². The first-order chi connectivity index (χ1) is 6.72. The molecule has 0 aromatic carbocycles. The summed E-state index contributed by atoms with van der Waals surface area (Å²) in [7, 11) is 1.53. The van der Waals surface area contributed by atoms with Crippen LogP contribution in [0.1, 0.15) is 0 Å². The molecule has 6 heteroatoms. The van der Waals surface area contributed by atoms with E-state index in [0.29, 0.717) is 17.4 Å². The number of esters is 1. The number of thioether (sulfide) groups is 1. The lowest BCUT2D eigenvalue weighted by Gasteiger charge is -2.00. The summed E-state index contributed by atoms with van der Waals surface area (Å²) in [4.78, 5) is 21.8. The maximum Gasteiger partial charge on any atom is 0.333 e. The number of hydrogen-bond donors (Lipinski definition) is 1. The van der Waals surface area contributed by atoms with E-state index in [2.05, 4.69) is 5.32 Å². The summed E-state index contributed by atoms with van der Waals surface area (Å²) >= 11 is 1.29. The van der Waals surface area contributed by atoms with E-state index in [1.807, 2.05) is 0 Å². The van der Waals surface area contributed by atoms with Crippen LogP contribution in [-0.2, 0) is 19.1 Å². The summed E-state index contributed by atoms with van der Waals surface area (Å²) in [5.41, 5.74) is 0. The van der Waals surface area contributed by atoms with Crippen LogP contribution in [0.4, 0.5) is 0 Å². The van der Waals surface area contributed by atoms with Crippen molar-refractivity contribution < 1.29 is 19.1 Å². The molecule has 1 rings (SSSR count). The molecule has 0 aromatic heterocycles. The van der Waals surface area contributed by atoms with Crippen molar-refractivity contribution in [2.75, 3.05) is 26.1 Å². The summed E-state index contributed by atoms with van der Waals surface area (Å²) < 4.78 is 9.48. The Labute approximate surface area is 85.8 Å². The normalized spacial score (nSPS) is 18.4. The molecule has 0 atom stereocenters. The van der Waals surface area contributed by atoms with Crippen LogP contribution in [0.15, 0.2) is 11.1 Å². The standard InChI is InChI=1S/C8H11NO4S/c1-12-2-3-13-8(11)4-7-9-6(10)5-14-7/h4H,2-3,5H2,1H3,(H,9,10). The van der Waals surface area contributed by atoms with Gasteiger partial charge < -0.3 is 14.8 Å². The second-order valence-corrected chi connectivity index (χ2v) is 3.52. The first-order valence-electron chi connectivity index (χ1n) is 4.02. The van der Waals surface area contributed by atoms with E-state index in [1.54, 1.807) is 0 Å². The summed E-state index contributed by atoms with van der Waals surface area (Å²) in [6.07, 6.45) is 1.27. The number of methoxy groups -OCH3 is 1. The molecule has 0 unspecified atom stereocenters. The first-order valence-corrected chi connectivity index (χ1v) is 5.01. The largest absolute Gasteiger partial charge is 0.460 e. The molecule has 0 spiro atoms. The SMILES string of the molecule is COCCOC(=O)C=C1NC(=O)CS1. The Bertz CT molecular complexity index is 264. The molecular weight excluding hydrogens is 206 g/mol. The maximum atomic E-state index is 11.1. The van der Waals surface area contributed by atoms with Crippen molar-refractivity contribution in [3.63, 3.8) is 0 Å². The van der Waals surface area contributed by atoms with Gasteiger partial charge >= 0.3 is 5.97 Å². The minimum atomic E-state index is -0.466. The lowest BCUT2D eigenvalue weighted by atomic mass is 10.6. The fourth-order valence-electron chi connectivity index (χ4n) is 0.805. The number of amides is 1. The third kappa shape index (κ3) is 3.80. The highest BCUT2D eigenvalue weighted by atomic mass is 32.2. The molecule has 14 heavy (non-hydrogen) atoms. The molecule has 0 saturated carbocycles. The third-order valence-corrected chi connectivity index (χ3v) is 2.34. The van der Waals surface area contributed by atoms with Gasteiger partial charge in [-0.3, -0.25) is 4.79 Å². The van der Waals surface area contributed by atoms with E-state index in [4.69, 9.17) is 9.47 Å². The van der Waals surface area contributed by atoms with Gasteiger partial charge in [-0.2, -0.15) is 0 Å². The predicted octanol–water partition coefficient (Wildman–Crippen LogP) is -0.120. The summed E-state index contributed by atoms with van der Waals surface area (Å²) in [6.45, 7) is 0.589. The molecule has 0 aliphatic carbocycles. The third-order valence-electron chi connectivity index (χ3n) is 1.40. The van der Waals surface area contributed by atoms with E-state index in [1.165, 1.54) is 24.9 Å². The molecule has 0 aromatic rings. The zero-order chi connectivity index (χ0) is 10.4. The Balaban J connectivity index is 2.28. The van der Waals surface area contributed by atoms with Crippen LogP contribution in [0.2, 0.25) is 0 Å². The molecule has 1 amide bonds. The van der Waals surface area contributed by atoms with E-state index in [9.17, 15) is 9.59 Å². The topological polar surface area (TPSA) is 64.6 Å². The van der Waals surface area contributed by atoms with Crippen molar-refractivity contribution in [1.82, 2.24) is 5.32 Å². The number of nitrogens with one attached hydrogen (secondary N) is 1. The highest BCUT2D eigenvalue weighted by molar-refractivity contribution is 8.04. The summed E-state index contributed by atoms with van der Waals surface area (Å²) in [6, 6.07) is 0. The van der Waals surface area contributed by atoms with Gasteiger partial charge in [0, 0.05) is 7.11 Å². The molecule has 1 aliphatic rings. The quantitative estimate of drug-likeness (QED) is 0.404. The summed E-state index contributed by atoms with van der Waals surface area (Å²) in [5, 5.41) is 3.07. The van der Waals surface area contributed by atoms with Crippen molar-refractivity contribution in [2.45, 2.75) is 0 Å². The second-order valence-electron chi connectivity index (χ2n) is 2.51. The van der Waals surface area contributed by atoms with Gasteiger partial charge in [0.25, 0.3) is 0 Å². The van der Waals surface area contributed by atoms with Crippen LogP contribution in [0.25, 0.3) is 0 Å². The van der Waals surface area contributed by atoms with Crippen LogP contribution in [0.3, 0.4) is 0 Å². The average Bonchev–Trinajstić information content (AvgIpc) is 2.52. The smallest absolute Gasteiger partial charge is 0.333 e. The molecule has 1 saturated heterocycles. The molecule has 0 bridgehead atoms. The minimum Gasteiger partial charge on any atom is -0.460 e. The lowest BCUT2D eigenvalue weighted by Crippen LogP contribution is -2.15. The first kappa shape index (κ1) is 11.1. The lowest BCUT2D eigenvalue weighted by molar-refractivity contribution is -0.139. The van der Waals surface area contributed by atoms with Gasteiger partial charge in [0.05, 0.1) is 23.5 Å². The van der Waals surface area contributed by atoms with Gasteiger partial charge in [-0.1, -0.05) is 11.8 Å². The van der Waals surface area contributed by atoms with E-state index >= 15 is 0 Å². The van der Waals surface area contributed by atoms with Crippen molar-refractivity contribution in [3.05, 3.63) is 11.1 Å². The molecule has 78 valence electrons. The van der Waals surface area contributed by atoms with Gasteiger partial charge in [0.1, 0.15) is 6.61 Å². The molecule has 1 fully saturated rings. The average molecular weight is 217 g/mol. The van der Waals surface area contributed by atoms with Crippen molar-refractivity contribution in [3.8, 4) is 0 Å². The van der Waals surface area contributed by atoms with Crippen molar-refractivity contribution >= 4 is 23.6 Å². The van der Waals surface area contributed by atoms with E-state index in [0.717, 1.165) is 0 Å². The van der Waals surface area contributed by atoms with Crippen LogP contribution < -0.4 is 5.32 Å². The van der Waals surface area contributed by atoms with Gasteiger partial charge in [0.2, 0.25) is 5.91 Å². The van der Waals surface area contributed by atoms with E-state index < -0.39 is 5.97 Å². The monoisotopic (exact) mass is 217 g/mol. The van der Waals surface area contributed by atoms with Crippen molar-refractivity contribution in [1.29, 1.82) is 0 Å². The Morgan fingerprint density at radius 1 is 1.64 bits per heavy atom. The minimum absolute atomic E-state index is 0.0917. The fraction of sp³-hybridized carbons (Fsp3) is 0.500. The Hall–Kier alpha value is -1.01. The van der Waals surface area contributed by atoms with Crippen LogP contribution in [0.5, 0.6) is 0 Å². The maximum absolute atomic E-state index is 11.1.